The number of nitrogen functional groups attached to an aromatic ring is 2. The van der Waals surface area contributed by atoms with Gasteiger partial charge < -0.3 is 21.2 Å². The summed E-state index contributed by atoms with van der Waals surface area (Å²) in [5.74, 6) is 1.11. The summed E-state index contributed by atoms with van der Waals surface area (Å²) in [6, 6.07) is 0. The molecule has 0 spiro atoms. The SMILES string of the molecule is Cc1ncsc1CN1CCOC(c2nc3nc(N)nc(N)c3[nH]2)C1. The number of anilines is 2. The Labute approximate surface area is 142 Å². The van der Waals surface area contributed by atoms with Gasteiger partial charge in [-0.1, -0.05) is 0 Å². The first kappa shape index (κ1) is 15.2. The number of aromatic nitrogens is 5. The molecule has 5 N–H and O–H groups in total. The van der Waals surface area contributed by atoms with E-state index in [9.17, 15) is 0 Å². The lowest BCUT2D eigenvalue weighted by atomic mass is 10.2. The molecular formula is C14H18N8OS. The molecule has 24 heavy (non-hydrogen) atoms. The Morgan fingerprint density at radius 3 is 3.04 bits per heavy atom. The van der Waals surface area contributed by atoms with Crippen LogP contribution in [0, 0.1) is 6.92 Å². The van der Waals surface area contributed by atoms with E-state index in [-0.39, 0.29) is 12.1 Å². The third-order valence-corrected chi connectivity index (χ3v) is 5.00. The molecule has 0 amide bonds. The van der Waals surface area contributed by atoms with Crippen LogP contribution in [-0.2, 0) is 11.3 Å². The Balaban J connectivity index is 1.55. The van der Waals surface area contributed by atoms with Gasteiger partial charge >= 0.3 is 0 Å². The number of imidazole rings is 1. The van der Waals surface area contributed by atoms with E-state index in [4.69, 9.17) is 16.2 Å². The number of thiazole rings is 1. The van der Waals surface area contributed by atoms with Crippen molar-refractivity contribution < 1.29 is 4.74 Å². The van der Waals surface area contributed by atoms with E-state index in [1.54, 1.807) is 11.3 Å². The van der Waals surface area contributed by atoms with Crippen LogP contribution in [0.1, 0.15) is 22.5 Å². The highest BCUT2D eigenvalue weighted by atomic mass is 32.1. The summed E-state index contributed by atoms with van der Waals surface area (Å²) in [6.07, 6.45) is -0.165. The first-order chi connectivity index (χ1) is 11.6. The average Bonchev–Trinajstić information content (AvgIpc) is 3.15. The van der Waals surface area contributed by atoms with Gasteiger partial charge in [0.1, 0.15) is 17.4 Å². The van der Waals surface area contributed by atoms with E-state index >= 15 is 0 Å². The molecule has 0 bridgehead atoms. The van der Waals surface area contributed by atoms with Crippen LogP contribution in [0.2, 0.25) is 0 Å². The van der Waals surface area contributed by atoms with E-state index in [1.165, 1.54) is 4.88 Å². The van der Waals surface area contributed by atoms with E-state index in [2.05, 4.69) is 29.8 Å². The third kappa shape index (κ3) is 2.79. The fraction of sp³-hybridized carbons (Fsp3) is 0.429. The number of fused-ring (bicyclic) bond motifs is 1. The number of nitrogens with zero attached hydrogens (tertiary/aromatic N) is 5. The molecule has 4 rings (SSSR count). The first-order valence-electron chi connectivity index (χ1n) is 7.61. The summed E-state index contributed by atoms with van der Waals surface area (Å²) in [5.41, 5.74) is 15.5. The minimum absolute atomic E-state index is 0.116. The van der Waals surface area contributed by atoms with Crippen molar-refractivity contribution >= 4 is 34.3 Å². The molecule has 0 aliphatic carbocycles. The van der Waals surface area contributed by atoms with Crippen LogP contribution in [-0.4, -0.2) is 49.5 Å². The molecule has 1 atom stereocenters. The molecule has 10 heteroatoms. The maximum atomic E-state index is 5.88. The molecule has 126 valence electrons. The van der Waals surface area contributed by atoms with Crippen molar-refractivity contribution in [1.29, 1.82) is 0 Å². The van der Waals surface area contributed by atoms with Crippen molar-refractivity contribution in [2.75, 3.05) is 31.2 Å². The zero-order chi connectivity index (χ0) is 16.7. The van der Waals surface area contributed by atoms with Crippen LogP contribution in [0.5, 0.6) is 0 Å². The minimum atomic E-state index is -0.165. The fourth-order valence-corrected chi connectivity index (χ4v) is 3.62. The van der Waals surface area contributed by atoms with Gasteiger partial charge in [0.15, 0.2) is 11.5 Å². The van der Waals surface area contributed by atoms with Crippen molar-refractivity contribution in [3.8, 4) is 0 Å². The highest BCUT2D eigenvalue weighted by Gasteiger charge is 2.26. The molecule has 3 aromatic heterocycles. The molecule has 1 saturated heterocycles. The first-order valence-corrected chi connectivity index (χ1v) is 8.49. The Bertz CT molecular complexity index is 875. The summed E-state index contributed by atoms with van der Waals surface area (Å²) in [5, 5.41) is 0. The van der Waals surface area contributed by atoms with Gasteiger partial charge in [0.25, 0.3) is 0 Å². The quantitative estimate of drug-likeness (QED) is 0.636. The Morgan fingerprint density at radius 2 is 2.25 bits per heavy atom. The van der Waals surface area contributed by atoms with Gasteiger partial charge in [-0.15, -0.1) is 11.3 Å². The minimum Gasteiger partial charge on any atom is -0.382 e. The number of hydrogen-bond acceptors (Lipinski definition) is 9. The van der Waals surface area contributed by atoms with Crippen molar-refractivity contribution in [3.05, 3.63) is 21.9 Å². The lowest BCUT2D eigenvalue weighted by Gasteiger charge is -2.31. The van der Waals surface area contributed by atoms with E-state index in [1.807, 2.05) is 12.4 Å². The van der Waals surface area contributed by atoms with E-state index in [0.29, 0.717) is 29.4 Å². The van der Waals surface area contributed by atoms with Crippen molar-refractivity contribution in [2.24, 2.45) is 0 Å². The lowest BCUT2D eigenvalue weighted by Crippen LogP contribution is -2.38. The maximum absolute atomic E-state index is 5.88. The molecule has 1 unspecified atom stereocenters. The number of H-pyrrole nitrogens is 1. The van der Waals surface area contributed by atoms with Crippen LogP contribution in [0.4, 0.5) is 11.8 Å². The van der Waals surface area contributed by atoms with Gasteiger partial charge in [-0.05, 0) is 6.92 Å². The van der Waals surface area contributed by atoms with Gasteiger partial charge in [0.2, 0.25) is 5.95 Å². The van der Waals surface area contributed by atoms with Gasteiger partial charge in [-0.25, -0.2) is 9.97 Å². The second kappa shape index (κ2) is 5.96. The van der Waals surface area contributed by atoms with Crippen LogP contribution in [0.3, 0.4) is 0 Å². The molecule has 9 nitrogen and oxygen atoms in total. The van der Waals surface area contributed by atoms with E-state index in [0.717, 1.165) is 25.3 Å². The summed E-state index contributed by atoms with van der Waals surface area (Å²) in [4.78, 5) is 23.6. The van der Waals surface area contributed by atoms with Crippen LogP contribution < -0.4 is 11.5 Å². The molecule has 1 fully saturated rings. The number of hydrogen-bond donors (Lipinski definition) is 3. The highest BCUT2D eigenvalue weighted by Crippen LogP contribution is 2.26. The average molecular weight is 346 g/mol. The van der Waals surface area contributed by atoms with Crippen LogP contribution in [0.15, 0.2) is 5.51 Å². The van der Waals surface area contributed by atoms with Crippen LogP contribution >= 0.6 is 11.3 Å². The Kier molecular flexibility index (Phi) is 3.79. The van der Waals surface area contributed by atoms with Crippen molar-refractivity contribution in [1.82, 2.24) is 29.8 Å². The number of aromatic amines is 1. The zero-order valence-corrected chi connectivity index (χ0v) is 14.0. The maximum Gasteiger partial charge on any atom is 0.224 e. The molecule has 0 saturated carbocycles. The smallest absolute Gasteiger partial charge is 0.224 e. The third-order valence-electron chi connectivity index (χ3n) is 4.08. The Morgan fingerprint density at radius 1 is 1.38 bits per heavy atom. The lowest BCUT2D eigenvalue weighted by molar-refractivity contribution is -0.0364. The second-order valence-corrected chi connectivity index (χ2v) is 6.68. The molecule has 1 aliphatic heterocycles. The van der Waals surface area contributed by atoms with Gasteiger partial charge in [-0.2, -0.15) is 9.97 Å². The molecule has 4 heterocycles. The zero-order valence-electron chi connectivity index (χ0n) is 13.2. The number of aryl methyl sites for hydroxylation is 1. The summed E-state index contributed by atoms with van der Waals surface area (Å²) in [7, 11) is 0. The normalized spacial score (nSPS) is 19.1. The molecular weight excluding hydrogens is 328 g/mol. The summed E-state index contributed by atoms with van der Waals surface area (Å²) < 4.78 is 5.88. The number of nitrogens with two attached hydrogens (primary N) is 2. The molecule has 0 radical (unpaired) electrons. The number of ether oxygens (including phenoxy) is 1. The van der Waals surface area contributed by atoms with Crippen molar-refractivity contribution in [2.45, 2.75) is 19.6 Å². The van der Waals surface area contributed by atoms with Gasteiger partial charge in [0.05, 0.1) is 17.8 Å². The second-order valence-electron chi connectivity index (χ2n) is 5.74. The van der Waals surface area contributed by atoms with Gasteiger partial charge in [0, 0.05) is 24.5 Å². The highest BCUT2D eigenvalue weighted by molar-refractivity contribution is 7.09. The van der Waals surface area contributed by atoms with Gasteiger partial charge in [-0.3, -0.25) is 4.90 Å². The standard InChI is InChI=1S/C14H18N8OS/c1-7-9(24-6-17-7)5-22-2-3-23-8(4-22)12-18-10-11(15)19-14(16)21-13(10)20-12/h6,8H,2-5H2,1H3,(H5,15,16,18,19,20,21). The molecule has 3 aromatic rings. The number of rotatable bonds is 3. The predicted molar refractivity (Wildman–Crippen MR) is 91.3 cm³/mol. The number of nitrogens with one attached hydrogen (secondary N) is 1. The monoisotopic (exact) mass is 346 g/mol. The largest absolute Gasteiger partial charge is 0.382 e. The molecule has 0 aromatic carbocycles. The molecule has 1 aliphatic rings. The van der Waals surface area contributed by atoms with Crippen LogP contribution in [0.25, 0.3) is 11.2 Å². The van der Waals surface area contributed by atoms with Crippen molar-refractivity contribution in [3.63, 3.8) is 0 Å². The summed E-state index contributed by atoms with van der Waals surface area (Å²) in [6.45, 7) is 5.16. The summed E-state index contributed by atoms with van der Waals surface area (Å²) >= 11 is 1.68. The Hall–Kier alpha value is -2.30. The number of morpholine rings is 1. The fourth-order valence-electron chi connectivity index (χ4n) is 2.80. The topological polar surface area (TPSA) is 132 Å². The van der Waals surface area contributed by atoms with E-state index < -0.39 is 0 Å². The predicted octanol–water partition coefficient (Wildman–Crippen LogP) is 0.856.